The normalized spacial score (nSPS) is 19.2. The third kappa shape index (κ3) is 35.5. The average molecular weight is 1780 g/mol. The van der Waals surface area contributed by atoms with Gasteiger partial charge in [-0.3, -0.25) is 10.6 Å². The second-order valence-corrected chi connectivity index (χ2v) is 41.0. The number of para-hydroxylation sites is 5. The Kier molecular flexibility index (Phi) is 39.1. The molecule has 0 aromatic heterocycles. The van der Waals surface area contributed by atoms with Gasteiger partial charge in [0.15, 0.2) is 0 Å². The summed E-state index contributed by atoms with van der Waals surface area (Å²) in [5.41, 5.74) is -2.12. The molecule has 7 saturated carbocycles. The van der Waals surface area contributed by atoms with Crippen LogP contribution in [0.1, 0.15) is 306 Å². The number of anilines is 5. The molecule has 4 bridgehead atoms. The molecule has 5 aromatic carbocycles. The molecule has 25 heteroatoms. The summed E-state index contributed by atoms with van der Waals surface area (Å²) in [7, 11) is 0. The van der Waals surface area contributed by atoms with Crippen molar-refractivity contribution in [1.82, 2.24) is 4.90 Å². The van der Waals surface area contributed by atoms with Crippen molar-refractivity contribution < 1.29 is 90.9 Å². The Hall–Kier alpha value is -9.91. The van der Waals surface area contributed by atoms with E-state index in [0.717, 1.165) is 127 Å². The first-order valence-corrected chi connectivity index (χ1v) is 46.7. The molecule has 8 fully saturated rings. The predicted molar refractivity (Wildman–Crippen MR) is 503 cm³/mol. The van der Waals surface area contributed by atoms with Gasteiger partial charge in [-0.05, 0) is 330 Å². The van der Waals surface area contributed by atoms with Crippen LogP contribution in [-0.4, -0.2) is 134 Å². The highest BCUT2D eigenvalue weighted by molar-refractivity contribution is 6.11. The lowest BCUT2D eigenvalue weighted by atomic mass is 9.54. The Morgan fingerprint density at radius 3 is 0.898 bits per heavy atom. The second kappa shape index (κ2) is 47.6. The molecule has 1 heterocycles. The molecule has 5 aromatic rings. The number of carbonyl (C=O) groups excluding carboxylic acids is 9. The number of hydrogen-bond donors (Lipinski definition) is 3. The molecule has 0 atom stereocenters. The lowest BCUT2D eigenvalue weighted by molar-refractivity contribution is -0.124. The van der Waals surface area contributed by atoms with E-state index < -0.39 is 75.8 Å². The maximum absolute atomic E-state index is 13.3. The molecule has 0 spiro atoms. The van der Waals surface area contributed by atoms with Crippen molar-refractivity contribution in [2.24, 2.45) is 35.5 Å². The summed E-state index contributed by atoms with van der Waals surface area (Å²) >= 11 is 0. The zero-order valence-electron chi connectivity index (χ0n) is 80.7. The van der Waals surface area contributed by atoms with E-state index in [1.807, 2.05) is 149 Å². The van der Waals surface area contributed by atoms with E-state index in [4.69, 9.17) is 42.6 Å². The van der Waals surface area contributed by atoms with Crippen LogP contribution in [0.15, 0.2) is 152 Å². The van der Waals surface area contributed by atoms with Crippen LogP contribution in [0.4, 0.5) is 71.6 Å². The minimum absolute atomic E-state index is 0.159. The fourth-order valence-electron chi connectivity index (χ4n) is 17.4. The molecule has 1 saturated heterocycles. The van der Waals surface area contributed by atoms with Gasteiger partial charge < -0.3 is 52.6 Å². The van der Waals surface area contributed by atoms with Crippen LogP contribution in [0, 0.1) is 35.5 Å². The molecule has 9 amide bonds. The van der Waals surface area contributed by atoms with Gasteiger partial charge in [0.25, 0.3) is 0 Å². The van der Waals surface area contributed by atoms with Crippen LogP contribution in [0.5, 0.6) is 0 Å². The minimum Gasteiger partial charge on any atom is -0.444 e. The van der Waals surface area contributed by atoms with Crippen molar-refractivity contribution in [2.75, 3.05) is 38.4 Å². The average Bonchev–Trinajstić information content (AvgIpc) is 0.749. The van der Waals surface area contributed by atoms with Crippen molar-refractivity contribution in [3.8, 4) is 0 Å². The topological polar surface area (TPSA) is 294 Å². The number of ether oxygens (including phenoxy) is 9. The zero-order valence-corrected chi connectivity index (χ0v) is 80.7. The van der Waals surface area contributed by atoms with E-state index in [2.05, 4.69) is 10.6 Å². The number of hydrogen-bond acceptors (Lipinski definition) is 19. The number of likely N-dealkylation sites (tertiary alicyclic amines) is 1. The van der Waals surface area contributed by atoms with Gasteiger partial charge in [0, 0.05) is 24.5 Å². The van der Waals surface area contributed by atoms with Crippen LogP contribution >= 0.6 is 0 Å². The maximum atomic E-state index is 13.3. The molecule has 7 aliphatic carbocycles. The van der Waals surface area contributed by atoms with Crippen molar-refractivity contribution >= 4 is 83.3 Å². The Morgan fingerprint density at radius 2 is 0.609 bits per heavy atom. The molecule has 13 rings (SSSR count). The van der Waals surface area contributed by atoms with Crippen molar-refractivity contribution in [2.45, 2.75) is 362 Å². The highest BCUT2D eigenvalue weighted by Gasteiger charge is 2.54. The number of nitrogens with zero attached hydrogens (tertiary/aromatic N) is 4. The summed E-state index contributed by atoms with van der Waals surface area (Å²) in [5, 5.41) is 14.9. The molecule has 0 unspecified atom stereocenters. The van der Waals surface area contributed by atoms with E-state index in [1.165, 1.54) is 51.4 Å². The van der Waals surface area contributed by atoms with Gasteiger partial charge in [0.1, 0.15) is 50.4 Å². The first kappa shape index (κ1) is 105. The van der Waals surface area contributed by atoms with Gasteiger partial charge in [-0.25, -0.2) is 43.2 Å². The largest absolute Gasteiger partial charge is 0.444 e. The third-order valence-corrected chi connectivity index (χ3v) is 24.6. The first-order chi connectivity index (χ1) is 60.0. The van der Waals surface area contributed by atoms with E-state index in [-0.39, 0.29) is 35.6 Å². The maximum Gasteiger partial charge on any atom is 0.424 e. The summed E-state index contributed by atoms with van der Waals surface area (Å²) < 4.78 is 50.1. The number of imide groups is 3. The molecule has 3 N–H and O–H groups in total. The van der Waals surface area contributed by atoms with Crippen LogP contribution in [0.2, 0.25) is 0 Å². The van der Waals surface area contributed by atoms with Gasteiger partial charge in [-0.2, -0.15) is 14.7 Å². The molecule has 1 aliphatic heterocycles. The lowest BCUT2D eigenvalue weighted by Gasteiger charge is -2.55. The molecule has 128 heavy (non-hydrogen) atoms. The van der Waals surface area contributed by atoms with Crippen LogP contribution < -0.4 is 25.3 Å². The summed E-state index contributed by atoms with van der Waals surface area (Å²) in [6, 6.07) is 45.1. The zero-order chi connectivity index (χ0) is 94.5. The number of aliphatic hydroxyl groups is 1. The predicted octanol–water partition coefficient (Wildman–Crippen LogP) is 27.2. The van der Waals surface area contributed by atoms with Gasteiger partial charge in [0.2, 0.25) is 0 Å². The summed E-state index contributed by atoms with van der Waals surface area (Å²) in [5.74, 6) is 3.47. The molecule has 708 valence electrons. The lowest BCUT2D eigenvalue weighted by Crippen LogP contribution is -2.53. The van der Waals surface area contributed by atoms with Gasteiger partial charge in [-0.1, -0.05) is 163 Å². The summed E-state index contributed by atoms with van der Waals surface area (Å²) in [4.78, 5) is 116. The molecule has 8 aliphatic rings. The van der Waals surface area contributed by atoms with Gasteiger partial charge in [0.05, 0.1) is 23.2 Å². The van der Waals surface area contributed by atoms with E-state index in [1.54, 1.807) is 153 Å². The number of aliphatic hydroxyl groups excluding tert-OH is 1. The molecular formula is C103H152N6O19. The molecular weight excluding hydrogens is 1630 g/mol. The SMILES string of the molecule is CC(C)(C)OC(=O)N(C(=O)OC(C)(C)C)c1ccccc1.CC(C)(C)OC(=O)N1CCC(O)CC1.CC(C)(OC(=O)N(C(=O)OC(C)(C)C1CCCCC1)c1ccccc1)C1CCCCC1.CC(C)(OC(=O)Nc1ccccc1)C1CCCCC1.CCC(C)(C)OC(=O)N(C(=O)OC(C)(C)CC)c1ccccc1.O=C(Nc1ccccc1)OC12CC3CC(CC(C3)C1)C2. The van der Waals surface area contributed by atoms with Crippen molar-refractivity contribution in [3.63, 3.8) is 0 Å². The number of amides is 9. The quantitative estimate of drug-likeness (QED) is 0.0773. The fraction of sp³-hybridized carbons (Fsp3) is 0.621. The van der Waals surface area contributed by atoms with Crippen LogP contribution in [0.25, 0.3) is 0 Å². The Balaban J connectivity index is 0.000000214. The van der Waals surface area contributed by atoms with Gasteiger partial charge >= 0.3 is 54.8 Å². The highest BCUT2D eigenvalue weighted by atomic mass is 16.6. The van der Waals surface area contributed by atoms with Gasteiger partial charge in [-0.15, -0.1) is 0 Å². The summed E-state index contributed by atoms with van der Waals surface area (Å²) in [6.07, 6.45) is 21.8. The first-order valence-electron chi connectivity index (χ1n) is 46.7. The third-order valence-electron chi connectivity index (χ3n) is 24.6. The standard InChI is InChI=1S/C26H39NO4.C18H27NO4.C17H21NO2.C16H23NO4.C16H23NO2.C10H19NO3/c1-25(2,20-14-8-5-9-15-20)30-23(28)27(22-18-12-7-13-19-22)24(29)31-26(3,4)21-16-10-6-11-17-21;1-7-17(3,4)22-15(20)19(14-12-10-9-11-13-14)16(21)23-18(5,6)8-2;19-16(18-15-4-2-1-3-5-15)20-17-9-12-6-13(10-17)8-14(7-12)11-17;1-15(2,3)20-13(18)17(12-10-8-7-9-11-12)14(19)21-16(4,5)6;1-16(2,13-9-5-3-6-10-13)19-15(18)17-14-11-7-4-8-12-14;1-10(2,3)14-9(13)11-6-4-8(12)5-7-11/h7,12-13,18-21H,5-6,8-11,14-17H2,1-4H3;9-13H,7-8H2,1-6H3;1-5,12-14H,6-11H2,(H,18,19);7-11H,1-6H3;4,7-8,11-13H,3,5-6,9-10H2,1-2H3,(H,17,18);8,12H,4-7H2,1-3H3. The molecule has 0 radical (unpaired) electrons. The smallest absolute Gasteiger partial charge is 0.424 e. The minimum atomic E-state index is -0.761. The second-order valence-electron chi connectivity index (χ2n) is 41.0. The van der Waals surface area contributed by atoms with Crippen molar-refractivity contribution in [1.29, 1.82) is 0 Å². The summed E-state index contributed by atoms with van der Waals surface area (Å²) in [6.45, 7) is 40.1. The number of benzene rings is 5. The Bertz CT molecular complexity index is 4130. The number of rotatable bonds is 16. The number of piperidine rings is 1. The highest BCUT2D eigenvalue weighted by Crippen LogP contribution is 2.57. The Labute approximate surface area is 763 Å². The van der Waals surface area contributed by atoms with E-state index in [9.17, 15) is 48.3 Å². The van der Waals surface area contributed by atoms with E-state index >= 15 is 0 Å². The van der Waals surface area contributed by atoms with Crippen LogP contribution in [0.3, 0.4) is 0 Å². The number of nitrogens with one attached hydrogen (secondary N) is 2. The monoisotopic (exact) mass is 1780 g/mol. The Morgan fingerprint density at radius 1 is 0.344 bits per heavy atom. The van der Waals surface area contributed by atoms with E-state index in [0.29, 0.717) is 73.6 Å². The fourth-order valence-corrected chi connectivity index (χ4v) is 17.4. The van der Waals surface area contributed by atoms with Crippen LogP contribution in [-0.2, 0) is 42.6 Å². The number of carbonyl (C=O) groups is 9. The van der Waals surface area contributed by atoms with Crippen molar-refractivity contribution in [3.05, 3.63) is 152 Å². The molecule has 25 nitrogen and oxygen atoms in total.